The van der Waals surface area contributed by atoms with Gasteiger partial charge in [-0.25, -0.2) is 13.1 Å². The van der Waals surface area contributed by atoms with Gasteiger partial charge in [0, 0.05) is 17.1 Å². The van der Waals surface area contributed by atoms with Crippen molar-refractivity contribution in [1.29, 1.82) is 0 Å². The van der Waals surface area contributed by atoms with E-state index >= 15 is 0 Å². The van der Waals surface area contributed by atoms with Crippen molar-refractivity contribution in [2.24, 2.45) is 0 Å². The van der Waals surface area contributed by atoms with Crippen LogP contribution in [0.3, 0.4) is 0 Å². The molecule has 114 valence electrons. The molecule has 2 aromatic rings. The predicted molar refractivity (Wildman–Crippen MR) is 89.0 cm³/mol. The van der Waals surface area contributed by atoms with Crippen LogP contribution in [0.1, 0.15) is 4.88 Å². The molecular weight excluding hydrogens is 376 g/mol. The number of hydrogen-bond donors (Lipinski definition) is 2. The van der Waals surface area contributed by atoms with Crippen LogP contribution < -0.4 is 15.2 Å². The Morgan fingerprint density at radius 1 is 1.19 bits per heavy atom. The van der Waals surface area contributed by atoms with Gasteiger partial charge in [0.25, 0.3) is 0 Å². The molecule has 0 aliphatic heterocycles. The summed E-state index contributed by atoms with van der Waals surface area (Å²) in [5.74, 6) is 0.505. The molecule has 0 radical (unpaired) electrons. The maximum Gasteiger partial charge on any atom is 0.215 e. The van der Waals surface area contributed by atoms with E-state index in [1.165, 1.54) is 11.3 Å². The van der Waals surface area contributed by atoms with Crippen LogP contribution in [0.4, 0.5) is 5.69 Å². The lowest BCUT2D eigenvalue weighted by Crippen LogP contribution is -2.28. The zero-order valence-electron chi connectivity index (χ0n) is 11.1. The molecule has 5 nitrogen and oxygen atoms in total. The minimum atomic E-state index is -3.36. The molecule has 0 bridgehead atoms. The number of benzene rings is 1. The number of nitrogens with two attached hydrogens (primary N) is 1. The Morgan fingerprint density at radius 2 is 1.90 bits per heavy atom. The largest absolute Gasteiger partial charge is 0.492 e. The molecule has 8 heteroatoms. The number of sulfonamides is 1. The van der Waals surface area contributed by atoms with E-state index < -0.39 is 10.0 Å². The van der Waals surface area contributed by atoms with Crippen molar-refractivity contribution in [2.75, 3.05) is 18.1 Å². The van der Waals surface area contributed by atoms with Crippen LogP contribution in [0.25, 0.3) is 0 Å². The van der Waals surface area contributed by atoms with Gasteiger partial charge in [0.2, 0.25) is 10.0 Å². The fourth-order valence-electron chi connectivity index (χ4n) is 1.53. The highest BCUT2D eigenvalue weighted by atomic mass is 79.9. The number of ether oxygens (including phenoxy) is 1. The van der Waals surface area contributed by atoms with E-state index in [4.69, 9.17) is 10.5 Å². The van der Waals surface area contributed by atoms with Gasteiger partial charge in [-0.05, 0) is 52.3 Å². The molecule has 0 atom stereocenters. The SMILES string of the molecule is Nc1ccc(OCCS(=O)(=O)NCc2ccc(Br)s2)cc1. The fraction of sp³-hybridized carbons (Fsp3) is 0.231. The minimum absolute atomic E-state index is 0.0907. The Morgan fingerprint density at radius 3 is 2.52 bits per heavy atom. The maximum atomic E-state index is 11.8. The molecule has 1 heterocycles. The highest BCUT2D eigenvalue weighted by Gasteiger charge is 2.11. The summed E-state index contributed by atoms with van der Waals surface area (Å²) in [6.07, 6.45) is 0. The van der Waals surface area contributed by atoms with Crippen molar-refractivity contribution < 1.29 is 13.2 Å². The number of anilines is 1. The predicted octanol–water partition coefficient (Wildman–Crippen LogP) is 2.59. The Labute approximate surface area is 136 Å². The van der Waals surface area contributed by atoms with Crippen molar-refractivity contribution in [1.82, 2.24) is 4.72 Å². The number of rotatable bonds is 7. The summed E-state index contributed by atoms with van der Waals surface area (Å²) >= 11 is 4.83. The lowest BCUT2D eigenvalue weighted by molar-refractivity contribution is 0.340. The van der Waals surface area contributed by atoms with E-state index in [0.29, 0.717) is 18.0 Å². The van der Waals surface area contributed by atoms with Crippen LogP contribution in [0.2, 0.25) is 0 Å². The first-order valence-corrected chi connectivity index (χ1v) is 9.41. The summed E-state index contributed by atoms with van der Waals surface area (Å²) in [4.78, 5) is 0.949. The van der Waals surface area contributed by atoms with Gasteiger partial charge >= 0.3 is 0 Å². The molecule has 0 amide bonds. The van der Waals surface area contributed by atoms with E-state index in [1.807, 2.05) is 12.1 Å². The van der Waals surface area contributed by atoms with Crippen LogP contribution in [0, 0.1) is 0 Å². The van der Waals surface area contributed by atoms with E-state index in [0.717, 1.165) is 8.66 Å². The molecule has 0 aliphatic carbocycles. The molecule has 2 rings (SSSR count). The molecule has 3 N–H and O–H groups in total. The lowest BCUT2D eigenvalue weighted by Gasteiger charge is -2.08. The molecular formula is C13H15BrN2O3S2. The Balaban J connectivity index is 1.77. The van der Waals surface area contributed by atoms with Crippen LogP contribution in [-0.4, -0.2) is 20.8 Å². The number of hydrogen-bond acceptors (Lipinski definition) is 5. The Hall–Kier alpha value is -1.09. The van der Waals surface area contributed by atoms with Crippen LogP contribution >= 0.6 is 27.3 Å². The lowest BCUT2D eigenvalue weighted by atomic mass is 10.3. The maximum absolute atomic E-state index is 11.8. The van der Waals surface area contributed by atoms with Gasteiger partial charge in [0.05, 0.1) is 9.54 Å². The first-order chi connectivity index (χ1) is 9.94. The topological polar surface area (TPSA) is 81.4 Å². The summed E-state index contributed by atoms with van der Waals surface area (Å²) in [7, 11) is -3.36. The third kappa shape index (κ3) is 5.66. The Kier molecular flexibility index (Phi) is 5.63. The third-order valence-electron chi connectivity index (χ3n) is 2.60. The van der Waals surface area contributed by atoms with Gasteiger partial charge in [0.1, 0.15) is 12.4 Å². The smallest absolute Gasteiger partial charge is 0.215 e. The van der Waals surface area contributed by atoms with Crippen molar-refractivity contribution >= 4 is 43.0 Å². The summed E-state index contributed by atoms with van der Waals surface area (Å²) in [5, 5.41) is 0. The second-order valence-electron chi connectivity index (χ2n) is 4.26. The van der Waals surface area contributed by atoms with Gasteiger partial charge in [-0.2, -0.15) is 0 Å². The van der Waals surface area contributed by atoms with Crippen LogP contribution in [0.5, 0.6) is 5.75 Å². The highest BCUT2D eigenvalue weighted by Crippen LogP contribution is 2.21. The van der Waals surface area contributed by atoms with Gasteiger partial charge < -0.3 is 10.5 Å². The standard InChI is InChI=1S/C13H15BrN2O3S2/c14-13-6-5-12(20-13)9-16-21(17,18)8-7-19-11-3-1-10(15)2-4-11/h1-6,16H,7-9,15H2. The zero-order valence-corrected chi connectivity index (χ0v) is 14.3. The Bertz CT molecular complexity index is 684. The minimum Gasteiger partial charge on any atom is -0.492 e. The molecule has 0 aliphatic rings. The second kappa shape index (κ2) is 7.26. The number of nitrogens with one attached hydrogen (secondary N) is 1. The zero-order chi connectivity index (χ0) is 15.3. The molecule has 0 saturated carbocycles. The van der Waals surface area contributed by atoms with Gasteiger partial charge in [-0.3, -0.25) is 0 Å². The summed E-state index contributed by atoms with van der Waals surface area (Å²) in [6.45, 7) is 0.383. The first-order valence-electron chi connectivity index (χ1n) is 6.14. The van der Waals surface area contributed by atoms with E-state index in [2.05, 4.69) is 20.7 Å². The molecule has 1 aromatic carbocycles. The fourth-order valence-corrected chi connectivity index (χ4v) is 3.87. The van der Waals surface area contributed by atoms with E-state index in [1.54, 1.807) is 24.3 Å². The summed E-state index contributed by atoms with van der Waals surface area (Å²) in [6, 6.07) is 10.6. The van der Waals surface area contributed by atoms with Gasteiger partial charge in [-0.15, -0.1) is 11.3 Å². The van der Waals surface area contributed by atoms with Crippen LogP contribution in [0.15, 0.2) is 40.2 Å². The van der Waals surface area contributed by atoms with E-state index in [-0.39, 0.29) is 12.4 Å². The number of thiophene rings is 1. The molecule has 0 saturated heterocycles. The quantitative estimate of drug-likeness (QED) is 0.711. The third-order valence-corrected chi connectivity index (χ3v) is 5.51. The molecule has 0 unspecified atom stereocenters. The molecule has 0 fully saturated rings. The van der Waals surface area contributed by atoms with Crippen LogP contribution in [-0.2, 0) is 16.6 Å². The van der Waals surface area contributed by atoms with Crippen molar-refractivity contribution in [3.8, 4) is 5.75 Å². The van der Waals surface area contributed by atoms with Crippen molar-refractivity contribution in [2.45, 2.75) is 6.54 Å². The molecule has 21 heavy (non-hydrogen) atoms. The average molecular weight is 391 g/mol. The van der Waals surface area contributed by atoms with E-state index in [9.17, 15) is 8.42 Å². The first kappa shape index (κ1) is 16.3. The monoisotopic (exact) mass is 390 g/mol. The van der Waals surface area contributed by atoms with Gasteiger partial charge in [0.15, 0.2) is 0 Å². The van der Waals surface area contributed by atoms with Gasteiger partial charge in [-0.1, -0.05) is 0 Å². The molecule has 0 spiro atoms. The normalized spacial score (nSPS) is 11.5. The number of halogens is 1. The summed E-state index contributed by atoms with van der Waals surface area (Å²) < 4.78 is 32.6. The summed E-state index contributed by atoms with van der Waals surface area (Å²) in [5.41, 5.74) is 6.20. The highest BCUT2D eigenvalue weighted by molar-refractivity contribution is 9.11. The van der Waals surface area contributed by atoms with Crippen molar-refractivity contribution in [3.63, 3.8) is 0 Å². The molecule has 1 aromatic heterocycles. The number of nitrogen functional groups attached to an aromatic ring is 1. The average Bonchev–Trinajstić information content (AvgIpc) is 2.85. The second-order valence-corrected chi connectivity index (χ2v) is 8.74. The van der Waals surface area contributed by atoms with Crippen molar-refractivity contribution in [3.05, 3.63) is 45.1 Å².